The van der Waals surface area contributed by atoms with Crippen molar-refractivity contribution in [2.45, 2.75) is 32.7 Å². The zero-order chi connectivity index (χ0) is 10.7. The molecule has 15 heavy (non-hydrogen) atoms. The van der Waals surface area contributed by atoms with Gasteiger partial charge in [0.15, 0.2) is 5.82 Å². The van der Waals surface area contributed by atoms with Gasteiger partial charge in [-0.3, -0.25) is 4.68 Å². The standard InChI is InChI=1S/C9H14N6/c1-3-7(2)15-5-4-8(12-15)6-9-10-13-14-11-9/h4-5,7H,3,6H2,1-2H3,(H,10,11,13,14). The van der Waals surface area contributed by atoms with Crippen LogP contribution in [-0.4, -0.2) is 30.4 Å². The number of nitrogens with one attached hydrogen (secondary N) is 1. The maximum Gasteiger partial charge on any atom is 0.180 e. The van der Waals surface area contributed by atoms with Crippen molar-refractivity contribution in [2.24, 2.45) is 0 Å². The molecule has 2 heterocycles. The number of H-pyrrole nitrogens is 1. The predicted molar refractivity (Wildman–Crippen MR) is 54.2 cm³/mol. The molecular formula is C9H14N6. The molecule has 6 heteroatoms. The summed E-state index contributed by atoms with van der Waals surface area (Å²) < 4.78 is 1.97. The highest BCUT2D eigenvalue weighted by atomic mass is 15.5. The normalized spacial score (nSPS) is 12.9. The Labute approximate surface area is 87.7 Å². The Morgan fingerprint density at radius 1 is 1.53 bits per heavy atom. The highest BCUT2D eigenvalue weighted by molar-refractivity contribution is 5.05. The van der Waals surface area contributed by atoms with Gasteiger partial charge in [-0.25, -0.2) is 0 Å². The molecule has 0 saturated carbocycles. The number of hydrogen-bond acceptors (Lipinski definition) is 4. The van der Waals surface area contributed by atoms with Crippen molar-refractivity contribution < 1.29 is 0 Å². The van der Waals surface area contributed by atoms with E-state index in [2.05, 4.69) is 39.6 Å². The summed E-state index contributed by atoms with van der Waals surface area (Å²) in [7, 11) is 0. The average molecular weight is 206 g/mol. The van der Waals surface area contributed by atoms with Crippen molar-refractivity contribution in [3.05, 3.63) is 23.8 Å². The van der Waals surface area contributed by atoms with Crippen molar-refractivity contribution in [1.29, 1.82) is 0 Å². The molecule has 0 saturated heterocycles. The van der Waals surface area contributed by atoms with E-state index >= 15 is 0 Å². The average Bonchev–Trinajstić information content (AvgIpc) is 2.88. The molecule has 0 spiro atoms. The van der Waals surface area contributed by atoms with Crippen LogP contribution in [0.1, 0.15) is 37.8 Å². The lowest BCUT2D eigenvalue weighted by molar-refractivity contribution is 0.474. The fraction of sp³-hybridized carbons (Fsp3) is 0.556. The first-order valence-corrected chi connectivity index (χ1v) is 5.06. The fourth-order valence-corrected chi connectivity index (χ4v) is 1.32. The Morgan fingerprint density at radius 3 is 3.07 bits per heavy atom. The first-order valence-electron chi connectivity index (χ1n) is 5.06. The Kier molecular flexibility index (Phi) is 2.75. The van der Waals surface area contributed by atoms with E-state index in [1.807, 2.05) is 16.9 Å². The molecule has 0 aliphatic heterocycles. The van der Waals surface area contributed by atoms with Crippen LogP contribution in [0.5, 0.6) is 0 Å². The summed E-state index contributed by atoms with van der Waals surface area (Å²) in [5.41, 5.74) is 0.969. The van der Waals surface area contributed by atoms with E-state index in [0.717, 1.165) is 12.1 Å². The second-order valence-corrected chi connectivity index (χ2v) is 3.55. The van der Waals surface area contributed by atoms with Crippen molar-refractivity contribution in [3.8, 4) is 0 Å². The maximum atomic E-state index is 4.45. The summed E-state index contributed by atoms with van der Waals surface area (Å²) in [6.45, 7) is 4.29. The summed E-state index contributed by atoms with van der Waals surface area (Å²) in [6.07, 6.45) is 3.69. The quantitative estimate of drug-likeness (QED) is 0.808. The van der Waals surface area contributed by atoms with E-state index in [1.54, 1.807) is 0 Å². The Morgan fingerprint density at radius 2 is 2.40 bits per heavy atom. The molecule has 0 radical (unpaired) electrons. The third-order valence-electron chi connectivity index (χ3n) is 2.43. The predicted octanol–water partition coefficient (Wildman–Crippen LogP) is 0.958. The number of hydrogen-bond donors (Lipinski definition) is 1. The molecule has 80 valence electrons. The van der Waals surface area contributed by atoms with Gasteiger partial charge in [0.2, 0.25) is 0 Å². The smallest absolute Gasteiger partial charge is 0.180 e. The van der Waals surface area contributed by atoms with Crippen LogP contribution in [0.4, 0.5) is 0 Å². The third-order valence-corrected chi connectivity index (χ3v) is 2.43. The van der Waals surface area contributed by atoms with Gasteiger partial charge < -0.3 is 0 Å². The number of tetrazole rings is 1. The summed E-state index contributed by atoms with van der Waals surface area (Å²) >= 11 is 0. The molecule has 0 aromatic carbocycles. The zero-order valence-electron chi connectivity index (χ0n) is 8.88. The topological polar surface area (TPSA) is 72.3 Å². The van der Waals surface area contributed by atoms with Gasteiger partial charge >= 0.3 is 0 Å². The largest absolute Gasteiger partial charge is 0.270 e. The maximum absolute atomic E-state index is 4.45. The second-order valence-electron chi connectivity index (χ2n) is 3.55. The van der Waals surface area contributed by atoms with Crippen LogP contribution >= 0.6 is 0 Å². The molecule has 1 unspecified atom stereocenters. The van der Waals surface area contributed by atoms with E-state index in [1.165, 1.54) is 0 Å². The minimum Gasteiger partial charge on any atom is -0.270 e. The Balaban J connectivity index is 2.07. The summed E-state index contributed by atoms with van der Waals surface area (Å²) in [4.78, 5) is 0. The van der Waals surface area contributed by atoms with E-state index in [4.69, 9.17) is 0 Å². The Bertz CT molecular complexity index is 404. The van der Waals surface area contributed by atoms with E-state index in [-0.39, 0.29) is 0 Å². The van der Waals surface area contributed by atoms with Crippen LogP contribution in [0.3, 0.4) is 0 Å². The highest BCUT2D eigenvalue weighted by Crippen LogP contribution is 2.10. The summed E-state index contributed by atoms with van der Waals surface area (Å²) in [5.74, 6) is 0.671. The highest BCUT2D eigenvalue weighted by Gasteiger charge is 2.07. The molecule has 0 aliphatic carbocycles. The molecule has 2 aromatic heterocycles. The fourth-order valence-electron chi connectivity index (χ4n) is 1.32. The number of aromatic nitrogens is 6. The molecule has 0 fully saturated rings. The summed E-state index contributed by atoms with van der Waals surface area (Å²) in [6, 6.07) is 2.42. The molecule has 0 amide bonds. The van der Waals surface area contributed by atoms with Crippen molar-refractivity contribution in [1.82, 2.24) is 30.4 Å². The molecule has 1 atom stereocenters. The molecule has 0 bridgehead atoms. The van der Waals surface area contributed by atoms with Gasteiger partial charge in [0, 0.05) is 12.2 Å². The molecule has 2 aromatic rings. The number of rotatable bonds is 4. The van der Waals surface area contributed by atoms with E-state index in [9.17, 15) is 0 Å². The lowest BCUT2D eigenvalue weighted by Gasteiger charge is -2.07. The minimum absolute atomic E-state index is 0.434. The van der Waals surface area contributed by atoms with Crippen LogP contribution in [-0.2, 0) is 6.42 Å². The molecule has 1 N–H and O–H groups in total. The lowest BCUT2D eigenvalue weighted by atomic mass is 10.3. The van der Waals surface area contributed by atoms with Crippen molar-refractivity contribution >= 4 is 0 Å². The van der Waals surface area contributed by atoms with Gasteiger partial charge in [-0.2, -0.15) is 10.3 Å². The van der Waals surface area contributed by atoms with Crippen molar-refractivity contribution in [2.75, 3.05) is 0 Å². The third kappa shape index (κ3) is 2.20. The zero-order valence-corrected chi connectivity index (χ0v) is 8.88. The molecule has 0 aliphatic rings. The van der Waals surface area contributed by atoms with Crippen LogP contribution in [0.25, 0.3) is 0 Å². The van der Waals surface area contributed by atoms with Crippen molar-refractivity contribution in [3.63, 3.8) is 0 Å². The van der Waals surface area contributed by atoms with Gasteiger partial charge in [-0.15, -0.1) is 10.2 Å². The van der Waals surface area contributed by atoms with Crippen LogP contribution < -0.4 is 0 Å². The number of aromatic amines is 1. The van der Waals surface area contributed by atoms with Gasteiger partial charge in [0.05, 0.1) is 12.1 Å². The molecule has 2 rings (SSSR count). The minimum atomic E-state index is 0.434. The van der Waals surface area contributed by atoms with Crippen LogP contribution in [0.15, 0.2) is 12.3 Å². The van der Waals surface area contributed by atoms with Gasteiger partial charge in [-0.1, -0.05) is 12.1 Å². The SMILES string of the molecule is CCC(C)n1ccc(Cc2nn[nH]n2)n1. The lowest BCUT2D eigenvalue weighted by Crippen LogP contribution is -2.05. The monoisotopic (exact) mass is 206 g/mol. The Hall–Kier alpha value is -1.72. The molecular weight excluding hydrogens is 192 g/mol. The van der Waals surface area contributed by atoms with Gasteiger partial charge in [-0.05, 0) is 19.4 Å². The number of nitrogens with zero attached hydrogens (tertiary/aromatic N) is 5. The second kappa shape index (κ2) is 4.20. The summed E-state index contributed by atoms with van der Waals surface area (Å²) in [5, 5.41) is 18.2. The first-order chi connectivity index (χ1) is 7.29. The van der Waals surface area contributed by atoms with E-state index in [0.29, 0.717) is 18.3 Å². The van der Waals surface area contributed by atoms with E-state index < -0.39 is 0 Å². The van der Waals surface area contributed by atoms with Gasteiger partial charge in [0.1, 0.15) is 0 Å². The first kappa shape index (κ1) is 9.82. The van der Waals surface area contributed by atoms with Crippen LogP contribution in [0, 0.1) is 0 Å². The van der Waals surface area contributed by atoms with Gasteiger partial charge in [0.25, 0.3) is 0 Å². The van der Waals surface area contributed by atoms with Crippen LogP contribution in [0.2, 0.25) is 0 Å². The molecule has 6 nitrogen and oxygen atoms in total.